The molecule has 0 spiro atoms. The monoisotopic (exact) mass is 487 g/mol. The molecule has 1 aromatic heterocycles. The fourth-order valence-corrected chi connectivity index (χ4v) is 4.02. The van der Waals surface area contributed by atoms with E-state index in [1.165, 1.54) is 5.56 Å². The topological polar surface area (TPSA) is 82.5 Å². The highest BCUT2D eigenvalue weighted by molar-refractivity contribution is 6.00. The first-order chi connectivity index (χ1) is 15.7. The van der Waals surface area contributed by atoms with Gasteiger partial charge in [0.1, 0.15) is 0 Å². The molecule has 3 rings (SSSR count). The quantitative estimate of drug-likeness (QED) is 0.573. The minimum Gasteiger partial charge on any atom is -0.463 e. The molecule has 0 aliphatic carbocycles. The minimum atomic E-state index is -0.614. The molecule has 8 heteroatoms. The Bertz CT molecular complexity index is 1060. The van der Waals surface area contributed by atoms with Crippen LogP contribution >= 0.6 is 12.4 Å². The number of dihydropyridines is 1. The molecule has 0 bridgehead atoms. The van der Waals surface area contributed by atoms with Gasteiger partial charge in [-0.1, -0.05) is 45.0 Å². The second kappa shape index (κ2) is 11.4. The van der Waals surface area contributed by atoms with E-state index in [0.717, 1.165) is 5.56 Å². The van der Waals surface area contributed by atoms with Crippen LogP contribution in [0.25, 0.3) is 0 Å². The van der Waals surface area contributed by atoms with E-state index in [-0.39, 0.29) is 31.0 Å². The van der Waals surface area contributed by atoms with Crippen molar-refractivity contribution in [2.24, 2.45) is 0 Å². The summed E-state index contributed by atoms with van der Waals surface area (Å²) in [4.78, 5) is 30.4. The van der Waals surface area contributed by atoms with E-state index in [0.29, 0.717) is 29.1 Å². The summed E-state index contributed by atoms with van der Waals surface area (Å²) < 4.78 is 12.7. The van der Waals surface area contributed by atoms with Crippen molar-refractivity contribution in [2.75, 3.05) is 13.2 Å². The molecular formula is C26H34ClN3O4. The third-order valence-electron chi connectivity index (χ3n) is 5.65. The zero-order valence-electron chi connectivity index (χ0n) is 20.7. The van der Waals surface area contributed by atoms with Crippen molar-refractivity contribution in [1.29, 1.82) is 0 Å². The number of ether oxygens (including phenoxy) is 2. The first kappa shape index (κ1) is 27.2. The number of imidazole rings is 1. The number of carbonyl (C=O) groups excluding carboxylic acids is 2. The number of benzene rings is 1. The van der Waals surface area contributed by atoms with Crippen molar-refractivity contribution in [2.45, 2.75) is 59.4 Å². The average molecular weight is 488 g/mol. The summed E-state index contributed by atoms with van der Waals surface area (Å²) in [7, 11) is 0. The highest BCUT2D eigenvalue weighted by atomic mass is 35.5. The lowest BCUT2D eigenvalue weighted by Gasteiger charge is -2.32. The van der Waals surface area contributed by atoms with Gasteiger partial charge in [-0.2, -0.15) is 0 Å². The van der Waals surface area contributed by atoms with Gasteiger partial charge in [-0.3, -0.25) is 0 Å². The highest BCUT2D eigenvalue weighted by Crippen LogP contribution is 2.40. The molecule has 1 atom stereocenters. The summed E-state index contributed by atoms with van der Waals surface area (Å²) >= 11 is 0. The third kappa shape index (κ3) is 5.89. The van der Waals surface area contributed by atoms with Gasteiger partial charge in [0.15, 0.2) is 0 Å². The number of esters is 2. The third-order valence-corrected chi connectivity index (χ3v) is 5.65. The highest BCUT2D eigenvalue weighted by Gasteiger charge is 2.39. The molecule has 7 nitrogen and oxygen atoms in total. The normalized spacial score (nSPS) is 16.0. The van der Waals surface area contributed by atoms with Crippen molar-refractivity contribution in [3.8, 4) is 0 Å². The van der Waals surface area contributed by atoms with Crippen LogP contribution in [-0.4, -0.2) is 34.7 Å². The van der Waals surface area contributed by atoms with Gasteiger partial charge in [-0.15, -0.1) is 12.4 Å². The van der Waals surface area contributed by atoms with E-state index in [1.54, 1.807) is 26.4 Å². The van der Waals surface area contributed by atoms with Gasteiger partial charge in [0.05, 0.1) is 43.1 Å². The Morgan fingerprint density at radius 1 is 1.03 bits per heavy atom. The zero-order chi connectivity index (χ0) is 24.2. The SMILES string of the molecule is CCOC(=O)C1=C(C)NC(Cn2ccnc2)=C(C(=O)OCC)C1c1ccc(C(C)(C)C)cc1.Cl. The number of rotatable bonds is 7. The van der Waals surface area contributed by atoms with E-state index >= 15 is 0 Å². The number of hydrogen-bond acceptors (Lipinski definition) is 6. The fraction of sp³-hybridized carbons (Fsp3) is 0.423. The molecule has 0 saturated carbocycles. The molecule has 0 radical (unpaired) electrons. The molecule has 1 N–H and O–H groups in total. The van der Waals surface area contributed by atoms with Gasteiger partial charge in [0, 0.05) is 23.8 Å². The minimum absolute atomic E-state index is 0. The molecular weight excluding hydrogens is 454 g/mol. The predicted octanol–water partition coefficient (Wildman–Crippen LogP) is 4.64. The van der Waals surface area contributed by atoms with Crippen molar-refractivity contribution in [3.63, 3.8) is 0 Å². The van der Waals surface area contributed by atoms with Crippen LogP contribution in [-0.2, 0) is 31.0 Å². The number of aromatic nitrogens is 2. The summed E-state index contributed by atoms with van der Waals surface area (Å²) in [5.74, 6) is -1.52. The van der Waals surface area contributed by atoms with Crippen LogP contribution in [0.15, 0.2) is 65.5 Å². The van der Waals surface area contributed by atoms with Crippen LogP contribution in [0.5, 0.6) is 0 Å². The maximum atomic E-state index is 13.3. The van der Waals surface area contributed by atoms with E-state index in [2.05, 4.69) is 31.1 Å². The van der Waals surface area contributed by atoms with E-state index in [1.807, 2.05) is 42.0 Å². The van der Waals surface area contributed by atoms with Gasteiger partial charge in [0.2, 0.25) is 0 Å². The Morgan fingerprint density at radius 2 is 1.62 bits per heavy atom. The molecule has 1 aromatic carbocycles. The lowest BCUT2D eigenvalue weighted by Crippen LogP contribution is -2.34. The van der Waals surface area contributed by atoms with Crippen molar-refractivity contribution in [3.05, 3.63) is 76.7 Å². The summed E-state index contributed by atoms with van der Waals surface area (Å²) in [5, 5.41) is 3.28. The molecule has 1 aliphatic rings. The molecule has 0 saturated heterocycles. The molecule has 0 amide bonds. The Kier molecular flexibility index (Phi) is 9.10. The first-order valence-corrected chi connectivity index (χ1v) is 11.3. The second-order valence-electron chi connectivity index (χ2n) is 9.04. The maximum Gasteiger partial charge on any atom is 0.336 e. The number of halogens is 1. The molecule has 184 valence electrons. The standard InChI is InChI=1S/C26H33N3O4.ClH/c1-7-32-24(30)21-17(3)28-20(15-29-14-13-27-16-29)23(25(31)33-8-2)22(21)18-9-11-19(12-10-18)26(4,5)6;/h9-14,16,22,28H,7-8,15H2,1-6H3;1H. The van der Waals surface area contributed by atoms with Crippen LogP contribution in [0.1, 0.15) is 58.6 Å². The second-order valence-corrected chi connectivity index (χ2v) is 9.04. The molecule has 2 aromatic rings. The van der Waals surface area contributed by atoms with Crippen LogP contribution in [0.2, 0.25) is 0 Å². The predicted molar refractivity (Wildman–Crippen MR) is 133 cm³/mol. The fourth-order valence-electron chi connectivity index (χ4n) is 4.02. The maximum absolute atomic E-state index is 13.3. The van der Waals surface area contributed by atoms with Gasteiger partial charge < -0.3 is 19.4 Å². The molecule has 2 heterocycles. The number of hydrogen-bond donors (Lipinski definition) is 1. The summed E-state index contributed by atoms with van der Waals surface area (Å²) in [6.07, 6.45) is 5.19. The lowest BCUT2D eigenvalue weighted by atomic mass is 9.78. The van der Waals surface area contributed by atoms with Crippen molar-refractivity contribution < 1.29 is 19.1 Å². The van der Waals surface area contributed by atoms with Crippen LogP contribution in [0.4, 0.5) is 0 Å². The van der Waals surface area contributed by atoms with E-state index in [9.17, 15) is 9.59 Å². The van der Waals surface area contributed by atoms with Gasteiger partial charge >= 0.3 is 11.9 Å². The number of nitrogens with one attached hydrogen (secondary N) is 1. The number of carbonyl (C=O) groups is 2. The molecule has 0 fully saturated rings. The molecule has 1 aliphatic heterocycles. The summed E-state index contributed by atoms with van der Waals surface area (Å²) in [6.45, 7) is 12.7. The lowest BCUT2D eigenvalue weighted by molar-refractivity contribution is -0.139. The Balaban J connectivity index is 0.00000408. The van der Waals surface area contributed by atoms with Gasteiger partial charge in [-0.25, -0.2) is 14.6 Å². The molecule has 1 unspecified atom stereocenters. The average Bonchev–Trinajstić information content (AvgIpc) is 3.26. The zero-order valence-corrected chi connectivity index (χ0v) is 21.5. The van der Waals surface area contributed by atoms with E-state index < -0.39 is 17.9 Å². The van der Waals surface area contributed by atoms with Gasteiger partial charge in [-0.05, 0) is 37.3 Å². The van der Waals surface area contributed by atoms with Crippen LogP contribution in [0.3, 0.4) is 0 Å². The summed E-state index contributed by atoms with van der Waals surface area (Å²) in [5.41, 5.74) is 4.12. The van der Waals surface area contributed by atoms with E-state index in [4.69, 9.17) is 9.47 Å². The van der Waals surface area contributed by atoms with Crippen molar-refractivity contribution >= 4 is 24.3 Å². The summed E-state index contributed by atoms with van der Waals surface area (Å²) in [6, 6.07) is 8.07. The Morgan fingerprint density at radius 3 is 2.12 bits per heavy atom. The number of nitrogens with zero attached hydrogens (tertiary/aromatic N) is 2. The molecule has 34 heavy (non-hydrogen) atoms. The first-order valence-electron chi connectivity index (χ1n) is 11.3. The Hall–Kier alpha value is -3.06. The van der Waals surface area contributed by atoms with Crippen LogP contribution < -0.4 is 5.32 Å². The van der Waals surface area contributed by atoms with Crippen LogP contribution in [0, 0.1) is 0 Å². The van der Waals surface area contributed by atoms with Gasteiger partial charge in [0.25, 0.3) is 0 Å². The Labute approximate surface area is 207 Å². The number of allylic oxidation sites excluding steroid dienone is 2. The largest absolute Gasteiger partial charge is 0.463 e. The van der Waals surface area contributed by atoms with Crippen molar-refractivity contribution in [1.82, 2.24) is 14.9 Å². The smallest absolute Gasteiger partial charge is 0.336 e.